The van der Waals surface area contributed by atoms with Crippen LogP contribution in [0.1, 0.15) is 11.1 Å². The van der Waals surface area contributed by atoms with Gasteiger partial charge in [0.05, 0.1) is 21.9 Å². The number of H-pyrrole nitrogens is 2. The van der Waals surface area contributed by atoms with E-state index in [1.807, 2.05) is 13.0 Å². The van der Waals surface area contributed by atoms with Crippen LogP contribution in [0.15, 0.2) is 56.9 Å². The van der Waals surface area contributed by atoms with Crippen molar-refractivity contribution in [2.24, 2.45) is 0 Å². The molecule has 0 aliphatic carbocycles. The molecule has 0 atom stereocenters. The summed E-state index contributed by atoms with van der Waals surface area (Å²) >= 11 is 0. The van der Waals surface area contributed by atoms with Crippen LogP contribution in [-0.4, -0.2) is 22.9 Å². The lowest BCUT2D eigenvalue weighted by Gasteiger charge is -2.12. The number of pyridine rings is 2. The summed E-state index contributed by atoms with van der Waals surface area (Å²) in [5.74, 6) is 0. The zero-order chi connectivity index (χ0) is 21.4. The molecular weight excluding hydrogens is 404 g/mol. The van der Waals surface area contributed by atoms with E-state index in [9.17, 15) is 22.6 Å². The number of aryl methyl sites for hydroxylation is 2. The minimum Gasteiger partial charge on any atom is -0.354 e. The van der Waals surface area contributed by atoms with Crippen molar-refractivity contribution in [1.29, 1.82) is 0 Å². The fourth-order valence-corrected chi connectivity index (χ4v) is 5.08. The van der Waals surface area contributed by atoms with Gasteiger partial charge in [0.2, 0.25) is 0 Å². The third-order valence-corrected chi connectivity index (χ3v) is 6.35. The second-order valence-electron chi connectivity index (χ2n) is 7.48. The Morgan fingerprint density at radius 3 is 2.23 bits per heavy atom. The molecule has 5 aromatic rings. The number of benzene rings is 3. The molecule has 2 aromatic heterocycles. The van der Waals surface area contributed by atoms with E-state index in [0.29, 0.717) is 16.4 Å². The number of fused-ring (bicyclic) bond motifs is 4. The van der Waals surface area contributed by atoms with Crippen LogP contribution >= 0.6 is 0 Å². The molecule has 3 aromatic carbocycles. The van der Waals surface area contributed by atoms with E-state index in [-0.39, 0.29) is 32.6 Å². The standard InChI is InChI=1S/C22H16N2O5S/c1-10-7-11(2)18-13(8-10)20(25)14-9-16-17(22(19(14)24-18)30(27,28)29)21(26)12-5-3-4-6-15(12)23-16/h3-9H,1-2H3,(H,23,26)(H,24,25)(H,27,28,29). The molecule has 2 heterocycles. The first-order valence-corrected chi connectivity index (χ1v) is 10.6. The second kappa shape index (κ2) is 6.01. The van der Waals surface area contributed by atoms with Crippen molar-refractivity contribution < 1.29 is 13.0 Å². The number of hydrogen-bond donors (Lipinski definition) is 3. The van der Waals surface area contributed by atoms with Gasteiger partial charge in [0.1, 0.15) is 4.90 Å². The van der Waals surface area contributed by atoms with Crippen molar-refractivity contribution in [3.05, 3.63) is 74.0 Å². The molecule has 0 saturated heterocycles. The van der Waals surface area contributed by atoms with Crippen LogP contribution in [-0.2, 0) is 10.1 Å². The van der Waals surface area contributed by atoms with Crippen LogP contribution in [0.25, 0.3) is 43.6 Å². The van der Waals surface area contributed by atoms with Crippen LogP contribution in [0.5, 0.6) is 0 Å². The topological polar surface area (TPSA) is 120 Å². The number of rotatable bonds is 1. The lowest BCUT2D eigenvalue weighted by atomic mass is 10.0. The van der Waals surface area contributed by atoms with Gasteiger partial charge in [-0.05, 0) is 49.2 Å². The first-order valence-electron chi connectivity index (χ1n) is 9.19. The predicted octanol–water partition coefficient (Wildman–Crippen LogP) is 3.54. The van der Waals surface area contributed by atoms with E-state index in [1.54, 1.807) is 37.3 Å². The van der Waals surface area contributed by atoms with Crippen LogP contribution in [0.3, 0.4) is 0 Å². The minimum absolute atomic E-state index is 0.0681. The summed E-state index contributed by atoms with van der Waals surface area (Å²) in [5, 5.41) is 0.565. The van der Waals surface area contributed by atoms with E-state index in [0.717, 1.165) is 11.1 Å². The quantitative estimate of drug-likeness (QED) is 0.283. The molecule has 0 unspecified atom stereocenters. The van der Waals surface area contributed by atoms with E-state index < -0.39 is 20.4 Å². The molecule has 0 radical (unpaired) electrons. The monoisotopic (exact) mass is 420 g/mol. The summed E-state index contributed by atoms with van der Waals surface area (Å²) in [6.07, 6.45) is 0. The Morgan fingerprint density at radius 2 is 1.50 bits per heavy atom. The molecule has 3 N–H and O–H groups in total. The van der Waals surface area contributed by atoms with Crippen molar-refractivity contribution in [2.45, 2.75) is 18.7 Å². The Balaban J connectivity index is 2.18. The molecule has 0 fully saturated rings. The van der Waals surface area contributed by atoms with Crippen molar-refractivity contribution in [1.82, 2.24) is 9.97 Å². The lowest BCUT2D eigenvalue weighted by molar-refractivity contribution is 0.485. The summed E-state index contributed by atoms with van der Waals surface area (Å²) in [6.45, 7) is 3.66. The van der Waals surface area contributed by atoms with Crippen LogP contribution in [0.2, 0.25) is 0 Å². The summed E-state index contributed by atoms with van der Waals surface area (Å²) in [5.41, 5.74) is 1.74. The molecule has 5 rings (SSSR count). The zero-order valence-electron chi connectivity index (χ0n) is 16.0. The van der Waals surface area contributed by atoms with E-state index >= 15 is 0 Å². The molecule has 0 saturated carbocycles. The molecule has 30 heavy (non-hydrogen) atoms. The Morgan fingerprint density at radius 1 is 0.800 bits per heavy atom. The van der Waals surface area contributed by atoms with Crippen molar-refractivity contribution >= 4 is 53.7 Å². The molecule has 0 aliphatic rings. The van der Waals surface area contributed by atoms with Gasteiger partial charge in [-0.3, -0.25) is 14.1 Å². The Kier molecular flexibility index (Phi) is 3.71. The van der Waals surface area contributed by atoms with E-state index in [4.69, 9.17) is 0 Å². The Bertz CT molecular complexity index is 1780. The number of hydrogen-bond acceptors (Lipinski definition) is 4. The fourth-order valence-electron chi connectivity index (χ4n) is 4.20. The number of para-hydroxylation sites is 1. The predicted molar refractivity (Wildman–Crippen MR) is 117 cm³/mol. The van der Waals surface area contributed by atoms with Gasteiger partial charge >= 0.3 is 0 Å². The van der Waals surface area contributed by atoms with E-state index in [2.05, 4.69) is 9.97 Å². The Labute approximate surface area is 169 Å². The maximum absolute atomic E-state index is 13.3. The van der Waals surface area contributed by atoms with Gasteiger partial charge in [0.25, 0.3) is 10.1 Å². The summed E-state index contributed by atoms with van der Waals surface area (Å²) < 4.78 is 34.9. The fraction of sp³-hybridized carbons (Fsp3) is 0.0909. The SMILES string of the molecule is Cc1cc(C)c2[nH]c3c(S(=O)(=O)O)c4c(=O)c5ccccc5[nH]c4cc3c(=O)c2c1. The average Bonchev–Trinajstić information content (AvgIpc) is 2.67. The van der Waals surface area contributed by atoms with Crippen LogP contribution < -0.4 is 10.9 Å². The second-order valence-corrected chi connectivity index (χ2v) is 8.84. The highest BCUT2D eigenvalue weighted by Gasteiger charge is 2.25. The van der Waals surface area contributed by atoms with Gasteiger partial charge in [-0.15, -0.1) is 0 Å². The molecule has 7 nitrogen and oxygen atoms in total. The molecule has 0 amide bonds. The van der Waals surface area contributed by atoms with Gasteiger partial charge in [-0.1, -0.05) is 18.2 Å². The lowest BCUT2D eigenvalue weighted by Crippen LogP contribution is -2.14. The smallest absolute Gasteiger partial charge is 0.297 e. The third kappa shape index (κ3) is 2.51. The van der Waals surface area contributed by atoms with Gasteiger partial charge in [-0.25, -0.2) is 0 Å². The van der Waals surface area contributed by atoms with Crippen LogP contribution in [0.4, 0.5) is 0 Å². The van der Waals surface area contributed by atoms with Crippen molar-refractivity contribution in [3.8, 4) is 0 Å². The largest absolute Gasteiger partial charge is 0.354 e. The Hall–Kier alpha value is -3.49. The van der Waals surface area contributed by atoms with Gasteiger partial charge in [-0.2, -0.15) is 8.42 Å². The third-order valence-electron chi connectivity index (χ3n) is 5.43. The van der Waals surface area contributed by atoms with E-state index in [1.165, 1.54) is 6.07 Å². The minimum atomic E-state index is -4.84. The molecule has 0 spiro atoms. The summed E-state index contributed by atoms with van der Waals surface area (Å²) in [7, 11) is -4.84. The molecule has 0 aliphatic heterocycles. The van der Waals surface area contributed by atoms with Gasteiger partial charge in [0.15, 0.2) is 10.9 Å². The summed E-state index contributed by atoms with van der Waals surface area (Å²) in [6, 6.07) is 11.7. The molecule has 8 heteroatoms. The highest BCUT2D eigenvalue weighted by atomic mass is 32.2. The highest BCUT2D eigenvalue weighted by molar-refractivity contribution is 7.86. The van der Waals surface area contributed by atoms with Gasteiger partial charge < -0.3 is 9.97 Å². The average molecular weight is 420 g/mol. The highest BCUT2D eigenvalue weighted by Crippen LogP contribution is 2.30. The van der Waals surface area contributed by atoms with Crippen molar-refractivity contribution in [2.75, 3.05) is 0 Å². The maximum atomic E-state index is 13.3. The zero-order valence-corrected chi connectivity index (χ0v) is 16.8. The van der Waals surface area contributed by atoms with Crippen molar-refractivity contribution in [3.63, 3.8) is 0 Å². The molecule has 0 bridgehead atoms. The molecular formula is C22H16N2O5S. The summed E-state index contributed by atoms with van der Waals surface area (Å²) in [4.78, 5) is 31.9. The number of nitrogens with one attached hydrogen (secondary N) is 2. The maximum Gasteiger partial charge on any atom is 0.297 e. The van der Waals surface area contributed by atoms with Crippen LogP contribution in [0, 0.1) is 13.8 Å². The number of aromatic nitrogens is 2. The molecule has 150 valence electrons. The normalized spacial score (nSPS) is 12.4. The number of aromatic amines is 2. The van der Waals surface area contributed by atoms with Gasteiger partial charge in [0, 0.05) is 21.7 Å². The first-order chi connectivity index (χ1) is 14.2. The first kappa shape index (κ1) is 18.5.